The van der Waals surface area contributed by atoms with Crippen LogP contribution in [0.1, 0.15) is 60.3 Å². The summed E-state index contributed by atoms with van der Waals surface area (Å²) in [4.78, 5) is 11.4. The third-order valence-corrected chi connectivity index (χ3v) is 2.63. The van der Waals surface area contributed by atoms with Gasteiger partial charge in [0.05, 0.1) is 12.0 Å². The molecule has 0 rings (SSSR count). The first-order valence-corrected chi connectivity index (χ1v) is 6.05. The monoisotopic (exact) mass is 214 g/mol. The van der Waals surface area contributed by atoms with Crippen LogP contribution in [-0.4, -0.2) is 12.6 Å². The zero-order chi connectivity index (χ0) is 11.9. The standard InChI is InChI=1S/C13H26O2/c1-6-11(2)9-7-8-10-15-12(14)13(3,4)5/h11H,6-10H2,1-5H3. The number of carbonyl (C=O) groups is 1. The van der Waals surface area contributed by atoms with Gasteiger partial charge in [-0.3, -0.25) is 4.79 Å². The number of hydrogen-bond acceptors (Lipinski definition) is 2. The highest BCUT2D eigenvalue weighted by Gasteiger charge is 2.22. The molecule has 0 N–H and O–H groups in total. The summed E-state index contributed by atoms with van der Waals surface area (Å²) in [6.07, 6.45) is 4.63. The van der Waals surface area contributed by atoms with Gasteiger partial charge in [-0.1, -0.05) is 26.7 Å². The SMILES string of the molecule is CCC(C)CCCCOC(=O)C(C)(C)C. The van der Waals surface area contributed by atoms with Crippen molar-refractivity contribution in [1.82, 2.24) is 0 Å². The number of carbonyl (C=O) groups excluding carboxylic acids is 1. The van der Waals surface area contributed by atoms with Crippen LogP contribution < -0.4 is 0 Å². The summed E-state index contributed by atoms with van der Waals surface area (Å²) in [6, 6.07) is 0. The highest BCUT2D eigenvalue weighted by atomic mass is 16.5. The maximum absolute atomic E-state index is 11.4. The minimum atomic E-state index is -0.364. The zero-order valence-corrected chi connectivity index (χ0v) is 10.9. The number of hydrogen-bond donors (Lipinski definition) is 0. The lowest BCUT2D eigenvalue weighted by molar-refractivity contribution is -0.153. The molecule has 0 saturated carbocycles. The van der Waals surface area contributed by atoms with Crippen LogP contribution in [0, 0.1) is 11.3 Å². The van der Waals surface area contributed by atoms with Gasteiger partial charge in [-0.25, -0.2) is 0 Å². The van der Waals surface area contributed by atoms with Crippen LogP contribution in [-0.2, 0) is 9.53 Å². The molecule has 1 atom stereocenters. The van der Waals surface area contributed by atoms with Crippen molar-refractivity contribution in [3.05, 3.63) is 0 Å². The lowest BCUT2D eigenvalue weighted by Gasteiger charge is -2.16. The number of esters is 1. The van der Waals surface area contributed by atoms with Crippen LogP contribution in [0.2, 0.25) is 0 Å². The fourth-order valence-corrected chi connectivity index (χ4v) is 1.18. The second kappa shape index (κ2) is 6.86. The Morgan fingerprint density at radius 1 is 1.27 bits per heavy atom. The first-order chi connectivity index (χ1) is 6.88. The molecule has 0 aromatic carbocycles. The summed E-state index contributed by atoms with van der Waals surface area (Å²) in [6.45, 7) is 10.7. The quantitative estimate of drug-likeness (QED) is 0.496. The Bertz CT molecular complexity index is 179. The molecule has 0 aliphatic rings. The van der Waals surface area contributed by atoms with Crippen molar-refractivity contribution >= 4 is 5.97 Å². The largest absolute Gasteiger partial charge is 0.465 e. The Hall–Kier alpha value is -0.530. The van der Waals surface area contributed by atoms with E-state index in [1.807, 2.05) is 20.8 Å². The molecular formula is C13H26O2. The Morgan fingerprint density at radius 2 is 1.87 bits per heavy atom. The van der Waals surface area contributed by atoms with E-state index < -0.39 is 0 Å². The predicted molar refractivity (Wildman–Crippen MR) is 63.7 cm³/mol. The summed E-state index contributed by atoms with van der Waals surface area (Å²) in [5.74, 6) is 0.703. The minimum Gasteiger partial charge on any atom is -0.465 e. The van der Waals surface area contributed by atoms with E-state index in [0.29, 0.717) is 6.61 Å². The maximum Gasteiger partial charge on any atom is 0.311 e. The average Bonchev–Trinajstić information content (AvgIpc) is 2.15. The maximum atomic E-state index is 11.4. The molecule has 0 bridgehead atoms. The summed E-state index contributed by atoms with van der Waals surface area (Å²) >= 11 is 0. The van der Waals surface area contributed by atoms with Gasteiger partial charge in [0.25, 0.3) is 0 Å². The van der Waals surface area contributed by atoms with Gasteiger partial charge < -0.3 is 4.74 Å². The zero-order valence-electron chi connectivity index (χ0n) is 10.9. The van der Waals surface area contributed by atoms with Gasteiger partial charge in [-0.15, -0.1) is 0 Å². The summed E-state index contributed by atoms with van der Waals surface area (Å²) in [5, 5.41) is 0. The van der Waals surface area contributed by atoms with E-state index in [9.17, 15) is 4.79 Å². The lowest BCUT2D eigenvalue weighted by atomic mass is 9.97. The second-order valence-corrected chi connectivity index (χ2v) is 5.40. The number of rotatable bonds is 6. The molecule has 0 radical (unpaired) electrons. The van der Waals surface area contributed by atoms with Crippen molar-refractivity contribution in [2.75, 3.05) is 6.61 Å². The normalized spacial score (nSPS) is 13.7. The van der Waals surface area contributed by atoms with Crippen molar-refractivity contribution in [1.29, 1.82) is 0 Å². The van der Waals surface area contributed by atoms with Gasteiger partial charge in [-0.05, 0) is 39.5 Å². The third kappa shape index (κ3) is 7.40. The molecule has 15 heavy (non-hydrogen) atoms. The summed E-state index contributed by atoms with van der Waals surface area (Å²) in [5.41, 5.74) is -0.364. The molecule has 1 unspecified atom stereocenters. The molecule has 0 heterocycles. The molecule has 0 aliphatic carbocycles. The molecule has 0 spiro atoms. The Kier molecular flexibility index (Phi) is 6.62. The van der Waals surface area contributed by atoms with Crippen molar-refractivity contribution < 1.29 is 9.53 Å². The molecule has 90 valence electrons. The number of unbranched alkanes of at least 4 members (excludes halogenated alkanes) is 1. The van der Waals surface area contributed by atoms with E-state index in [1.165, 1.54) is 12.8 Å². The molecule has 2 heteroatoms. The molecule has 0 aliphatic heterocycles. The van der Waals surface area contributed by atoms with Crippen molar-refractivity contribution in [2.24, 2.45) is 11.3 Å². The molecule has 0 aromatic heterocycles. The van der Waals surface area contributed by atoms with Gasteiger partial charge in [0, 0.05) is 0 Å². The summed E-state index contributed by atoms with van der Waals surface area (Å²) < 4.78 is 5.18. The smallest absolute Gasteiger partial charge is 0.311 e. The molecule has 0 saturated heterocycles. The topological polar surface area (TPSA) is 26.3 Å². The molecule has 0 aromatic rings. The first-order valence-electron chi connectivity index (χ1n) is 6.05. The van der Waals surface area contributed by atoms with Crippen molar-refractivity contribution in [2.45, 2.75) is 60.3 Å². The van der Waals surface area contributed by atoms with E-state index in [2.05, 4.69) is 13.8 Å². The van der Waals surface area contributed by atoms with Gasteiger partial charge in [0.2, 0.25) is 0 Å². The number of ether oxygens (including phenoxy) is 1. The van der Waals surface area contributed by atoms with Crippen molar-refractivity contribution in [3.8, 4) is 0 Å². The summed E-state index contributed by atoms with van der Waals surface area (Å²) in [7, 11) is 0. The van der Waals surface area contributed by atoms with Gasteiger partial charge in [0.1, 0.15) is 0 Å². The van der Waals surface area contributed by atoms with Gasteiger partial charge >= 0.3 is 5.97 Å². The second-order valence-electron chi connectivity index (χ2n) is 5.40. The first kappa shape index (κ1) is 14.5. The fourth-order valence-electron chi connectivity index (χ4n) is 1.18. The van der Waals surface area contributed by atoms with Gasteiger partial charge in [0.15, 0.2) is 0 Å². The van der Waals surface area contributed by atoms with Crippen LogP contribution >= 0.6 is 0 Å². The van der Waals surface area contributed by atoms with Crippen LogP contribution in [0.5, 0.6) is 0 Å². The highest BCUT2D eigenvalue weighted by molar-refractivity contribution is 5.75. The Balaban J connectivity index is 3.44. The lowest BCUT2D eigenvalue weighted by Crippen LogP contribution is -2.23. The van der Waals surface area contributed by atoms with Crippen molar-refractivity contribution in [3.63, 3.8) is 0 Å². The van der Waals surface area contributed by atoms with Crippen LogP contribution in [0.4, 0.5) is 0 Å². The van der Waals surface area contributed by atoms with Gasteiger partial charge in [-0.2, -0.15) is 0 Å². The average molecular weight is 214 g/mol. The predicted octanol–water partition coefficient (Wildman–Crippen LogP) is 3.79. The highest BCUT2D eigenvalue weighted by Crippen LogP contribution is 2.16. The van der Waals surface area contributed by atoms with E-state index in [-0.39, 0.29) is 11.4 Å². The van der Waals surface area contributed by atoms with E-state index in [4.69, 9.17) is 4.74 Å². The van der Waals surface area contributed by atoms with E-state index in [0.717, 1.165) is 18.8 Å². The van der Waals surface area contributed by atoms with Crippen LogP contribution in [0.25, 0.3) is 0 Å². The van der Waals surface area contributed by atoms with E-state index in [1.54, 1.807) is 0 Å². The fraction of sp³-hybridized carbons (Fsp3) is 0.923. The molecule has 0 fully saturated rings. The Labute approximate surface area is 94.4 Å². The molecular weight excluding hydrogens is 188 g/mol. The van der Waals surface area contributed by atoms with Crippen LogP contribution in [0.3, 0.4) is 0 Å². The third-order valence-electron chi connectivity index (χ3n) is 2.63. The molecule has 2 nitrogen and oxygen atoms in total. The van der Waals surface area contributed by atoms with E-state index >= 15 is 0 Å². The Morgan fingerprint density at radius 3 is 2.33 bits per heavy atom. The van der Waals surface area contributed by atoms with Crippen LogP contribution in [0.15, 0.2) is 0 Å². The minimum absolute atomic E-state index is 0.0916. The molecule has 0 amide bonds.